The molecule has 4 nitrogen and oxygen atoms in total. The maximum atomic E-state index is 12.9. The Labute approximate surface area is 159 Å². The van der Waals surface area contributed by atoms with Crippen LogP contribution in [-0.2, 0) is 10.0 Å². The highest BCUT2D eigenvalue weighted by Gasteiger charge is 2.45. The van der Waals surface area contributed by atoms with Crippen LogP contribution in [0.3, 0.4) is 0 Å². The van der Waals surface area contributed by atoms with Crippen molar-refractivity contribution in [3.63, 3.8) is 0 Å². The molecule has 2 aliphatic carbocycles. The molecule has 5 atom stereocenters. The minimum atomic E-state index is -3.52. The summed E-state index contributed by atoms with van der Waals surface area (Å²) in [4.78, 5) is 0.301. The van der Waals surface area contributed by atoms with Gasteiger partial charge in [-0.25, -0.2) is 13.1 Å². The second-order valence-corrected chi connectivity index (χ2v) is 10.8. The van der Waals surface area contributed by atoms with E-state index in [0.717, 1.165) is 31.1 Å². The quantitative estimate of drug-likeness (QED) is 0.754. The predicted octanol–water partition coefficient (Wildman–Crippen LogP) is 4.57. The molecule has 0 aromatic heterocycles. The summed E-state index contributed by atoms with van der Waals surface area (Å²) >= 11 is 0. The molecule has 2 bridgehead atoms. The monoisotopic (exact) mass is 378 g/mol. The SMILES string of the molecule is CC1CCC2CC(C)CC(C(C)NS(=O)(=O)c3ccc(N)cc3)(CC1)C2. The van der Waals surface area contributed by atoms with Crippen LogP contribution < -0.4 is 10.5 Å². The van der Waals surface area contributed by atoms with E-state index >= 15 is 0 Å². The van der Waals surface area contributed by atoms with Crippen molar-refractivity contribution in [1.29, 1.82) is 0 Å². The van der Waals surface area contributed by atoms with Gasteiger partial charge in [-0.05, 0) is 80.0 Å². The highest BCUT2D eigenvalue weighted by Crippen LogP contribution is 2.51. The zero-order valence-electron chi connectivity index (χ0n) is 16.4. The number of sulfonamides is 1. The van der Waals surface area contributed by atoms with Crippen molar-refractivity contribution in [3.8, 4) is 0 Å². The molecule has 5 unspecified atom stereocenters. The minimum Gasteiger partial charge on any atom is -0.399 e. The fourth-order valence-electron chi connectivity index (χ4n) is 5.35. The van der Waals surface area contributed by atoms with Crippen molar-refractivity contribution in [2.75, 3.05) is 5.73 Å². The van der Waals surface area contributed by atoms with E-state index < -0.39 is 10.0 Å². The summed E-state index contributed by atoms with van der Waals surface area (Å²) in [5.74, 6) is 2.15. The minimum absolute atomic E-state index is 0.0550. The lowest BCUT2D eigenvalue weighted by molar-refractivity contribution is 0.0362. The molecule has 5 heteroatoms. The maximum absolute atomic E-state index is 12.9. The lowest BCUT2D eigenvalue weighted by atomic mass is 9.58. The van der Waals surface area contributed by atoms with Gasteiger partial charge < -0.3 is 5.73 Å². The van der Waals surface area contributed by atoms with Crippen molar-refractivity contribution in [2.24, 2.45) is 23.2 Å². The molecule has 2 saturated carbocycles. The van der Waals surface area contributed by atoms with Gasteiger partial charge in [0.1, 0.15) is 0 Å². The van der Waals surface area contributed by atoms with Gasteiger partial charge in [-0.1, -0.05) is 33.1 Å². The Kier molecular flexibility index (Phi) is 5.69. The van der Waals surface area contributed by atoms with Gasteiger partial charge in [0.25, 0.3) is 0 Å². The van der Waals surface area contributed by atoms with Crippen LogP contribution in [0, 0.1) is 23.2 Å². The van der Waals surface area contributed by atoms with E-state index in [1.807, 2.05) is 0 Å². The molecular weight excluding hydrogens is 344 g/mol. The average Bonchev–Trinajstić information content (AvgIpc) is 2.57. The molecule has 0 spiro atoms. The number of rotatable bonds is 4. The van der Waals surface area contributed by atoms with Crippen LogP contribution in [0.25, 0.3) is 0 Å². The largest absolute Gasteiger partial charge is 0.399 e. The number of nitrogens with one attached hydrogen (secondary N) is 1. The van der Waals surface area contributed by atoms with Gasteiger partial charge >= 0.3 is 0 Å². The first-order valence-corrected chi connectivity index (χ1v) is 11.6. The number of benzene rings is 1. The Bertz CT molecular complexity index is 716. The lowest BCUT2D eigenvalue weighted by Crippen LogP contribution is -2.50. The maximum Gasteiger partial charge on any atom is 0.240 e. The third kappa shape index (κ3) is 4.25. The van der Waals surface area contributed by atoms with Gasteiger partial charge in [0.2, 0.25) is 10.0 Å². The van der Waals surface area contributed by atoms with Crippen molar-refractivity contribution in [3.05, 3.63) is 24.3 Å². The van der Waals surface area contributed by atoms with Crippen molar-refractivity contribution >= 4 is 15.7 Å². The fraction of sp³-hybridized carbons (Fsp3) is 0.714. The normalized spacial score (nSPS) is 33.9. The molecule has 0 heterocycles. The van der Waals surface area contributed by atoms with Gasteiger partial charge in [-0.15, -0.1) is 0 Å². The van der Waals surface area contributed by atoms with Gasteiger partial charge in [-0.2, -0.15) is 0 Å². The zero-order valence-corrected chi connectivity index (χ0v) is 17.2. The summed E-state index contributed by atoms with van der Waals surface area (Å²) in [6.07, 6.45) is 8.53. The van der Waals surface area contributed by atoms with Crippen LogP contribution in [0.5, 0.6) is 0 Å². The predicted molar refractivity (Wildman–Crippen MR) is 107 cm³/mol. The second-order valence-electron chi connectivity index (χ2n) is 9.11. The first-order valence-electron chi connectivity index (χ1n) is 10.1. The summed E-state index contributed by atoms with van der Waals surface area (Å²) < 4.78 is 28.8. The molecule has 1 aromatic rings. The van der Waals surface area contributed by atoms with Gasteiger partial charge in [-0.3, -0.25) is 0 Å². The first kappa shape index (κ1) is 19.7. The summed E-state index contributed by atoms with van der Waals surface area (Å²) in [6.45, 7) is 6.77. The number of anilines is 1. The van der Waals surface area contributed by atoms with Crippen LogP contribution in [0.2, 0.25) is 0 Å². The van der Waals surface area contributed by atoms with Gasteiger partial charge in [0.15, 0.2) is 0 Å². The molecule has 0 saturated heterocycles. The molecule has 0 aliphatic heterocycles. The Morgan fingerprint density at radius 1 is 1.08 bits per heavy atom. The molecular formula is C21H34N2O2S. The van der Waals surface area contributed by atoms with Crippen molar-refractivity contribution < 1.29 is 8.42 Å². The summed E-state index contributed by atoms with van der Waals surface area (Å²) in [5.41, 5.74) is 6.36. The van der Waals surface area contributed by atoms with Gasteiger partial charge in [0, 0.05) is 11.7 Å². The smallest absolute Gasteiger partial charge is 0.240 e. The zero-order chi connectivity index (χ0) is 18.9. The Morgan fingerprint density at radius 2 is 1.77 bits per heavy atom. The Balaban J connectivity index is 1.83. The lowest BCUT2D eigenvalue weighted by Gasteiger charge is -2.49. The van der Waals surface area contributed by atoms with Crippen LogP contribution in [0.4, 0.5) is 5.69 Å². The van der Waals surface area contributed by atoms with Crippen LogP contribution in [0.15, 0.2) is 29.2 Å². The van der Waals surface area contributed by atoms with E-state index in [1.165, 1.54) is 25.7 Å². The number of hydrogen-bond donors (Lipinski definition) is 2. The van der Waals surface area contributed by atoms with Crippen LogP contribution >= 0.6 is 0 Å². The molecule has 2 aliphatic rings. The number of nitrogens with two attached hydrogens (primary N) is 1. The molecule has 3 N–H and O–H groups in total. The highest BCUT2D eigenvalue weighted by atomic mass is 32.2. The Morgan fingerprint density at radius 3 is 2.46 bits per heavy atom. The van der Waals surface area contributed by atoms with Gasteiger partial charge in [0.05, 0.1) is 4.90 Å². The first-order chi connectivity index (χ1) is 12.2. The van der Waals surface area contributed by atoms with E-state index in [2.05, 4.69) is 25.5 Å². The highest BCUT2D eigenvalue weighted by molar-refractivity contribution is 7.89. The molecule has 1 aromatic carbocycles. The molecule has 146 valence electrons. The third-order valence-electron chi connectivity index (χ3n) is 6.83. The molecule has 26 heavy (non-hydrogen) atoms. The van der Waals surface area contributed by atoms with Crippen molar-refractivity contribution in [1.82, 2.24) is 4.72 Å². The molecule has 2 fully saturated rings. The van der Waals surface area contributed by atoms with E-state index in [1.54, 1.807) is 24.3 Å². The number of hydrogen-bond acceptors (Lipinski definition) is 3. The second kappa shape index (κ2) is 7.51. The molecule has 0 amide bonds. The summed E-state index contributed by atoms with van der Waals surface area (Å²) in [6, 6.07) is 6.42. The Hall–Kier alpha value is -1.07. The van der Waals surface area contributed by atoms with Crippen molar-refractivity contribution in [2.45, 2.75) is 76.7 Å². The summed E-state index contributed by atoms with van der Waals surface area (Å²) in [7, 11) is -3.52. The third-order valence-corrected chi connectivity index (χ3v) is 8.39. The average molecular weight is 379 g/mol. The molecule has 0 radical (unpaired) electrons. The van der Waals surface area contributed by atoms with E-state index in [4.69, 9.17) is 5.73 Å². The van der Waals surface area contributed by atoms with E-state index in [9.17, 15) is 8.42 Å². The fourth-order valence-corrected chi connectivity index (χ4v) is 6.70. The summed E-state index contributed by atoms with van der Waals surface area (Å²) in [5, 5.41) is 0. The number of fused-ring (bicyclic) bond motifs is 2. The van der Waals surface area contributed by atoms with E-state index in [0.29, 0.717) is 16.5 Å². The van der Waals surface area contributed by atoms with Crippen LogP contribution in [-0.4, -0.2) is 14.5 Å². The standard InChI is InChI=1S/C21H34N2O2S/c1-15-4-5-18-12-16(2)13-21(14-18,11-10-15)17(3)23-26(24,25)20-8-6-19(22)7-9-20/h6-9,15-18,23H,4-5,10-14,22H2,1-3H3. The van der Waals surface area contributed by atoms with Crippen LogP contribution in [0.1, 0.15) is 65.7 Å². The number of nitrogen functional groups attached to an aromatic ring is 1. The molecule has 3 rings (SSSR count). The van der Waals surface area contributed by atoms with E-state index in [-0.39, 0.29) is 11.5 Å². The topological polar surface area (TPSA) is 72.2 Å².